The summed E-state index contributed by atoms with van der Waals surface area (Å²) in [7, 11) is 0. The zero-order valence-electron chi connectivity index (χ0n) is 10.2. The van der Waals surface area contributed by atoms with Gasteiger partial charge in [-0.2, -0.15) is 0 Å². The number of aliphatic carboxylic acids is 1. The van der Waals surface area contributed by atoms with Crippen LogP contribution in [0.5, 0.6) is 0 Å². The first-order valence-corrected chi connectivity index (χ1v) is 5.23. The van der Waals surface area contributed by atoms with Crippen LogP contribution in [-0.2, 0) is 9.59 Å². The van der Waals surface area contributed by atoms with Gasteiger partial charge in [0.05, 0.1) is 0 Å². The van der Waals surface area contributed by atoms with Gasteiger partial charge in [0.2, 0.25) is 5.91 Å². The fourth-order valence-electron chi connectivity index (χ4n) is 1.37. The molecule has 16 heavy (non-hydrogen) atoms. The van der Waals surface area contributed by atoms with Crippen molar-refractivity contribution in [2.75, 3.05) is 0 Å². The summed E-state index contributed by atoms with van der Waals surface area (Å²) < 4.78 is 0. The first-order valence-electron chi connectivity index (χ1n) is 5.23. The van der Waals surface area contributed by atoms with Gasteiger partial charge in [-0.3, -0.25) is 4.79 Å². The minimum Gasteiger partial charge on any atom is -0.478 e. The highest BCUT2D eigenvalue weighted by molar-refractivity contribution is 5.83. The van der Waals surface area contributed by atoms with Gasteiger partial charge >= 0.3 is 5.97 Å². The third-order valence-corrected chi connectivity index (χ3v) is 2.37. The Hall–Kier alpha value is -1.58. The van der Waals surface area contributed by atoms with Crippen LogP contribution in [0.15, 0.2) is 23.9 Å². The van der Waals surface area contributed by atoms with Crippen LogP contribution in [0, 0.1) is 11.8 Å². The van der Waals surface area contributed by atoms with E-state index in [1.165, 1.54) is 6.92 Å². The highest BCUT2D eigenvalue weighted by Crippen LogP contribution is 2.19. The summed E-state index contributed by atoms with van der Waals surface area (Å²) in [5.74, 6) is -1.19. The van der Waals surface area contributed by atoms with E-state index >= 15 is 0 Å². The molecule has 0 aromatic carbocycles. The molecule has 0 radical (unpaired) electrons. The van der Waals surface area contributed by atoms with Gasteiger partial charge in [-0.25, -0.2) is 4.79 Å². The highest BCUT2D eigenvalue weighted by Gasteiger charge is 2.16. The molecule has 0 heterocycles. The zero-order chi connectivity index (χ0) is 12.7. The maximum absolute atomic E-state index is 11.0. The van der Waals surface area contributed by atoms with Crippen LogP contribution in [0.3, 0.4) is 0 Å². The molecular formula is C12H19NO3. The number of hydrogen-bond donors (Lipinski definition) is 2. The fourth-order valence-corrected chi connectivity index (χ4v) is 1.37. The molecule has 0 aliphatic carbocycles. The smallest absolute Gasteiger partial charge is 0.330 e. The fraction of sp³-hybridized carbons (Fsp3) is 0.500. The number of hydrogen-bond acceptors (Lipinski definition) is 2. The Morgan fingerprint density at radius 2 is 1.88 bits per heavy atom. The van der Waals surface area contributed by atoms with Crippen molar-refractivity contribution in [2.45, 2.75) is 27.7 Å². The summed E-state index contributed by atoms with van der Waals surface area (Å²) in [6.45, 7) is 7.13. The summed E-state index contributed by atoms with van der Waals surface area (Å²) in [6, 6.07) is 0. The largest absolute Gasteiger partial charge is 0.478 e. The molecule has 0 spiro atoms. The van der Waals surface area contributed by atoms with Crippen LogP contribution >= 0.6 is 0 Å². The second-order valence-electron chi connectivity index (χ2n) is 3.79. The topological polar surface area (TPSA) is 66.4 Å². The van der Waals surface area contributed by atoms with E-state index < -0.39 is 5.97 Å². The quantitative estimate of drug-likeness (QED) is 0.555. The highest BCUT2D eigenvalue weighted by atomic mass is 16.4. The van der Waals surface area contributed by atoms with Gasteiger partial charge in [0.15, 0.2) is 0 Å². The minimum absolute atomic E-state index is 0.0452. The van der Waals surface area contributed by atoms with Gasteiger partial charge < -0.3 is 10.4 Å². The Balaban J connectivity index is 4.88. The number of nitrogens with one attached hydrogen (secondary N) is 1. The molecule has 1 amide bonds. The third kappa shape index (κ3) is 5.34. The van der Waals surface area contributed by atoms with E-state index in [4.69, 9.17) is 5.11 Å². The Labute approximate surface area is 96.0 Å². The van der Waals surface area contributed by atoms with Gasteiger partial charge in [0, 0.05) is 24.6 Å². The summed E-state index contributed by atoms with van der Waals surface area (Å²) in [6.07, 6.45) is 4.93. The van der Waals surface area contributed by atoms with Crippen LogP contribution < -0.4 is 5.32 Å². The Kier molecular flexibility index (Phi) is 6.15. The van der Waals surface area contributed by atoms with Crippen molar-refractivity contribution >= 4 is 11.9 Å². The summed E-state index contributed by atoms with van der Waals surface area (Å²) in [5.41, 5.74) is 0.436. The number of carbonyl (C=O) groups is 2. The summed E-state index contributed by atoms with van der Waals surface area (Å²) >= 11 is 0. The van der Waals surface area contributed by atoms with Crippen molar-refractivity contribution in [1.29, 1.82) is 0 Å². The van der Waals surface area contributed by atoms with Gasteiger partial charge in [-0.1, -0.05) is 26.0 Å². The van der Waals surface area contributed by atoms with Gasteiger partial charge in [0.1, 0.15) is 0 Å². The van der Waals surface area contributed by atoms with Crippen molar-refractivity contribution in [3.05, 3.63) is 23.9 Å². The first kappa shape index (κ1) is 14.4. The maximum atomic E-state index is 11.0. The van der Waals surface area contributed by atoms with Crippen molar-refractivity contribution in [3.8, 4) is 0 Å². The number of amides is 1. The molecule has 2 atom stereocenters. The second-order valence-corrected chi connectivity index (χ2v) is 3.79. The first-order chi connectivity index (χ1) is 7.38. The van der Waals surface area contributed by atoms with E-state index in [2.05, 4.69) is 5.32 Å². The molecule has 0 rings (SSSR count). The molecular weight excluding hydrogens is 206 g/mol. The maximum Gasteiger partial charge on any atom is 0.330 e. The van der Waals surface area contributed by atoms with E-state index in [9.17, 15) is 9.59 Å². The molecule has 4 nitrogen and oxygen atoms in total. The van der Waals surface area contributed by atoms with Crippen LogP contribution in [-0.4, -0.2) is 17.0 Å². The lowest BCUT2D eigenvalue weighted by Crippen LogP contribution is -2.27. The lowest BCUT2D eigenvalue weighted by molar-refractivity contribution is -0.131. The van der Waals surface area contributed by atoms with E-state index in [1.54, 1.807) is 0 Å². The average molecular weight is 225 g/mol. The lowest BCUT2D eigenvalue weighted by atomic mass is 9.92. The molecule has 0 aromatic rings. The number of allylic oxidation sites excluding steroid dienone is 3. The van der Waals surface area contributed by atoms with Gasteiger partial charge in [-0.05, 0) is 12.8 Å². The van der Waals surface area contributed by atoms with Crippen molar-refractivity contribution in [2.24, 2.45) is 11.8 Å². The molecule has 0 aromatic heterocycles. The summed E-state index contributed by atoms with van der Waals surface area (Å²) in [4.78, 5) is 21.6. The normalized spacial score (nSPS) is 15.9. The monoisotopic (exact) mass is 225 g/mol. The minimum atomic E-state index is -1.05. The number of carboxylic acid groups (broad SMARTS) is 1. The third-order valence-electron chi connectivity index (χ3n) is 2.37. The molecule has 2 N–H and O–H groups in total. The predicted molar refractivity (Wildman–Crippen MR) is 62.7 cm³/mol. The summed E-state index contributed by atoms with van der Waals surface area (Å²) in [5, 5.41) is 11.3. The molecule has 0 fully saturated rings. The van der Waals surface area contributed by atoms with Crippen molar-refractivity contribution < 1.29 is 14.7 Å². The Morgan fingerprint density at radius 3 is 2.25 bits per heavy atom. The lowest BCUT2D eigenvalue weighted by Gasteiger charge is -2.20. The SMILES string of the molecule is CC=C[C@@H](C)[C@@H](C)C(=CC(=O)O)NC(C)=O. The molecule has 0 saturated carbocycles. The van der Waals surface area contributed by atoms with E-state index in [0.717, 1.165) is 6.08 Å². The number of carboxylic acids is 1. The predicted octanol–water partition coefficient (Wildman–Crippen LogP) is 1.94. The van der Waals surface area contributed by atoms with Crippen molar-refractivity contribution in [1.82, 2.24) is 5.32 Å². The Bertz CT molecular complexity index is 318. The molecule has 4 heteroatoms. The van der Waals surface area contributed by atoms with Crippen molar-refractivity contribution in [3.63, 3.8) is 0 Å². The number of carbonyl (C=O) groups excluding carboxylic acids is 1. The van der Waals surface area contributed by atoms with Gasteiger partial charge in [-0.15, -0.1) is 0 Å². The number of rotatable bonds is 5. The Morgan fingerprint density at radius 1 is 1.31 bits per heavy atom. The standard InChI is InChI=1S/C12H19NO3/c1-5-6-8(2)9(3)11(7-12(15)16)13-10(4)14/h5-9H,1-4H3,(H,13,14)(H,15,16)/t8-,9-/m1/s1. The molecule has 0 bridgehead atoms. The van der Waals surface area contributed by atoms with E-state index in [1.807, 2.05) is 32.9 Å². The molecule has 0 aliphatic rings. The van der Waals surface area contributed by atoms with Gasteiger partial charge in [0.25, 0.3) is 0 Å². The molecule has 0 saturated heterocycles. The molecule has 90 valence electrons. The average Bonchev–Trinajstić information content (AvgIpc) is 2.14. The molecule has 0 unspecified atom stereocenters. The van der Waals surface area contributed by atoms with Crippen LogP contribution in [0.2, 0.25) is 0 Å². The van der Waals surface area contributed by atoms with Crippen LogP contribution in [0.1, 0.15) is 27.7 Å². The van der Waals surface area contributed by atoms with Crippen LogP contribution in [0.4, 0.5) is 0 Å². The van der Waals surface area contributed by atoms with E-state index in [0.29, 0.717) is 5.70 Å². The second kappa shape index (κ2) is 6.82. The van der Waals surface area contributed by atoms with Crippen LogP contribution in [0.25, 0.3) is 0 Å². The van der Waals surface area contributed by atoms with E-state index in [-0.39, 0.29) is 17.7 Å². The molecule has 0 aliphatic heterocycles. The zero-order valence-corrected chi connectivity index (χ0v) is 10.2.